The summed E-state index contributed by atoms with van der Waals surface area (Å²) in [7, 11) is 0. The van der Waals surface area contributed by atoms with Crippen molar-refractivity contribution < 1.29 is 9.53 Å². The van der Waals surface area contributed by atoms with Gasteiger partial charge in [-0.25, -0.2) is 9.97 Å². The maximum Gasteiger partial charge on any atom is 0.266 e. The van der Waals surface area contributed by atoms with Crippen LogP contribution in [0.2, 0.25) is 0 Å². The van der Waals surface area contributed by atoms with Crippen LogP contribution < -0.4 is 10.1 Å². The first kappa shape index (κ1) is 16.4. The molecule has 1 amide bonds. The van der Waals surface area contributed by atoms with Gasteiger partial charge in [-0.05, 0) is 57.5 Å². The Kier molecular flexibility index (Phi) is 4.49. The number of nitrogens with one attached hydrogen (secondary N) is 1. The molecule has 6 heteroatoms. The van der Waals surface area contributed by atoms with E-state index in [1.54, 1.807) is 0 Å². The Hall–Kier alpha value is -2.47. The molecule has 0 bridgehead atoms. The van der Waals surface area contributed by atoms with Gasteiger partial charge in [0.25, 0.3) is 5.91 Å². The Bertz CT molecular complexity index is 901. The van der Waals surface area contributed by atoms with Crippen LogP contribution in [-0.4, -0.2) is 22.5 Å². The van der Waals surface area contributed by atoms with Crippen LogP contribution in [0, 0.1) is 20.8 Å². The Morgan fingerprint density at radius 1 is 1.17 bits per heavy atom. The third kappa shape index (κ3) is 3.10. The fourth-order valence-corrected chi connectivity index (χ4v) is 3.85. The van der Waals surface area contributed by atoms with Crippen molar-refractivity contribution in [3.63, 3.8) is 0 Å². The summed E-state index contributed by atoms with van der Waals surface area (Å²) in [6.07, 6.45) is 0. The number of fused-ring (bicyclic) bond motifs is 1. The number of anilines is 1. The molecule has 0 radical (unpaired) electrons. The minimum Gasteiger partial charge on any atom is -0.494 e. The number of benzene rings is 1. The van der Waals surface area contributed by atoms with Gasteiger partial charge in [-0.15, -0.1) is 11.3 Å². The van der Waals surface area contributed by atoms with Gasteiger partial charge in [0.2, 0.25) is 0 Å². The SMILES string of the molecule is CCOc1ccc(NC(=O)c2sc3nc(C)nc(C)c3c2C)cc1. The highest BCUT2D eigenvalue weighted by molar-refractivity contribution is 7.20. The fourth-order valence-electron chi connectivity index (χ4n) is 2.68. The summed E-state index contributed by atoms with van der Waals surface area (Å²) in [6, 6.07) is 7.35. The molecule has 1 N–H and O–H groups in total. The van der Waals surface area contributed by atoms with Crippen LogP contribution in [0.3, 0.4) is 0 Å². The average molecular weight is 341 g/mol. The van der Waals surface area contributed by atoms with Crippen LogP contribution in [-0.2, 0) is 0 Å². The Morgan fingerprint density at radius 3 is 2.54 bits per heavy atom. The van der Waals surface area contributed by atoms with Crippen molar-refractivity contribution >= 4 is 33.1 Å². The monoisotopic (exact) mass is 341 g/mol. The quantitative estimate of drug-likeness (QED) is 0.770. The zero-order chi connectivity index (χ0) is 17.3. The van der Waals surface area contributed by atoms with Gasteiger partial charge in [0, 0.05) is 16.8 Å². The lowest BCUT2D eigenvalue weighted by Crippen LogP contribution is -2.11. The maximum absolute atomic E-state index is 12.6. The Labute approximate surface area is 144 Å². The third-order valence-electron chi connectivity index (χ3n) is 3.71. The van der Waals surface area contributed by atoms with Crippen molar-refractivity contribution in [2.45, 2.75) is 27.7 Å². The molecule has 0 saturated carbocycles. The molecule has 1 aromatic carbocycles. The molecular weight excluding hydrogens is 322 g/mol. The lowest BCUT2D eigenvalue weighted by Gasteiger charge is -2.06. The molecule has 0 saturated heterocycles. The second-order valence-electron chi connectivity index (χ2n) is 5.50. The molecule has 3 rings (SSSR count). The van der Waals surface area contributed by atoms with Crippen LogP contribution in [0.1, 0.15) is 33.7 Å². The number of thiophene rings is 1. The Balaban J connectivity index is 1.88. The molecule has 2 heterocycles. The molecule has 0 aliphatic carbocycles. The number of aryl methyl sites for hydroxylation is 3. The van der Waals surface area contributed by atoms with E-state index in [9.17, 15) is 4.79 Å². The summed E-state index contributed by atoms with van der Waals surface area (Å²) < 4.78 is 5.41. The summed E-state index contributed by atoms with van der Waals surface area (Å²) >= 11 is 1.40. The largest absolute Gasteiger partial charge is 0.494 e. The van der Waals surface area contributed by atoms with Crippen LogP contribution in [0.15, 0.2) is 24.3 Å². The first-order chi connectivity index (χ1) is 11.5. The number of ether oxygens (including phenoxy) is 1. The van der Waals surface area contributed by atoms with Gasteiger partial charge in [0.05, 0.1) is 11.5 Å². The fraction of sp³-hybridized carbons (Fsp3) is 0.278. The third-order valence-corrected chi connectivity index (χ3v) is 4.90. The summed E-state index contributed by atoms with van der Waals surface area (Å²) in [6.45, 7) is 8.31. The van der Waals surface area contributed by atoms with Crippen molar-refractivity contribution in [1.29, 1.82) is 0 Å². The van der Waals surface area contributed by atoms with E-state index >= 15 is 0 Å². The van der Waals surface area contributed by atoms with Crippen molar-refractivity contribution in [2.75, 3.05) is 11.9 Å². The number of rotatable bonds is 4. The van der Waals surface area contributed by atoms with Crippen LogP contribution >= 0.6 is 11.3 Å². The van der Waals surface area contributed by atoms with E-state index in [0.29, 0.717) is 11.5 Å². The lowest BCUT2D eigenvalue weighted by atomic mass is 10.1. The highest BCUT2D eigenvalue weighted by Gasteiger charge is 2.18. The number of aromatic nitrogens is 2. The average Bonchev–Trinajstić information content (AvgIpc) is 2.86. The normalized spacial score (nSPS) is 10.8. The molecule has 5 nitrogen and oxygen atoms in total. The van der Waals surface area contributed by atoms with E-state index in [-0.39, 0.29) is 5.91 Å². The molecule has 0 unspecified atom stereocenters. The van der Waals surface area contributed by atoms with E-state index in [4.69, 9.17) is 4.74 Å². The molecule has 2 aromatic heterocycles. The number of amides is 1. The van der Waals surface area contributed by atoms with Crippen LogP contribution in [0.5, 0.6) is 5.75 Å². The smallest absolute Gasteiger partial charge is 0.266 e. The van der Waals surface area contributed by atoms with E-state index < -0.39 is 0 Å². The van der Waals surface area contributed by atoms with Crippen molar-refractivity contribution in [2.24, 2.45) is 0 Å². The summed E-state index contributed by atoms with van der Waals surface area (Å²) in [5, 5.41) is 3.91. The number of hydrogen-bond acceptors (Lipinski definition) is 5. The van der Waals surface area contributed by atoms with E-state index in [0.717, 1.165) is 38.7 Å². The molecule has 24 heavy (non-hydrogen) atoms. The second kappa shape index (κ2) is 6.57. The van der Waals surface area contributed by atoms with Crippen molar-refractivity contribution in [3.05, 3.63) is 46.2 Å². The highest BCUT2D eigenvalue weighted by atomic mass is 32.1. The first-order valence-corrected chi connectivity index (χ1v) is 8.59. The molecule has 0 spiro atoms. The molecule has 124 valence electrons. The van der Waals surface area contributed by atoms with Crippen LogP contribution in [0.4, 0.5) is 5.69 Å². The van der Waals surface area contributed by atoms with Gasteiger partial charge in [0.15, 0.2) is 0 Å². The maximum atomic E-state index is 12.6. The predicted octanol–water partition coefficient (Wildman–Crippen LogP) is 4.27. The minimum absolute atomic E-state index is 0.128. The van der Waals surface area contributed by atoms with Crippen LogP contribution in [0.25, 0.3) is 10.2 Å². The number of nitrogens with zero attached hydrogens (tertiary/aromatic N) is 2. The lowest BCUT2D eigenvalue weighted by molar-refractivity contribution is 0.103. The molecule has 0 fully saturated rings. The number of hydrogen-bond donors (Lipinski definition) is 1. The van der Waals surface area contributed by atoms with Gasteiger partial charge in [-0.1, -0.05) is 0 Å². The zero-order valence-corrected chi connectivity index (χ0v) is 15.0. The first-order valence-electron chi connectivity index (χ1n) is 7.78. The van der Waals surface area contributed by atoms with Gasteiger partial charge in [-0.2, -0.15) is 0 Å². The summed E-state index contributed by atoms with van der Waals surface area (Å²) in [5.41, 5.74) is 2.57. The molecule has 0 aliphatic rings. The highest BCUT2D eigenvalue weighted by Crippen LogP contribution is 2.31. The van der Waals surface area contributed by atoms with Gasteiger partial charge >= 0.3 is 0 Å². The zero-order valence-electron chi connectivity index (χ0n) is 14.1. The van der Waals surface area contributed by atoms with Crippen molar-refractivity contribution in [1.82, 2.24) is 9.97 Å². The second-order valence-corrected chi connectivity index (χ2v) is 6.50. The topological polar surface area (TPSA) is 64.1 Å². The molecule has 0 aliphatic heterocycles. The van der Waals surface area contributed by atoms with Crippen molar-refractivity contribution in [3.8, 4) is 5.75 Å². The molecule has 3 aromatic rings. The van der Waals surface area contributed by atoms with E-state index in [2.05, 4.69) is 15.3 Å². The van der Waals surface area contributed by atoms with Gasteiger partial charge < -0.3 is 10.1 Å². The summed E-state index contributed by atoms with van der Waals surface area (Å²) in [5.74, 6) is 1.38. The Morgan fingerprint density at radius 2 is 1.88 bits per heavy atom. The van der Waals surface area contributed by atoms with Gasteiger partial charge in [-0.3, -0.25) is 4.79 Å². The number of carbonyl (C=O) groups excluding carboxylic acids is 1. The number of carbonyl (C=O) groups is 1. The molecule has 0 atom stereocenters. The molecular formula is C18H19N3O2S. The minimum atomic E-state index is -0.128. The van der Waals surface area contributed by atoms with E-state index in [1.165, 1.54) is 11.3 Å². The standard InChI is InChI=1S/C18H19N3O2S/c1-5-23-14-8-6-13(7-9-14)21-17(22)16-10(2)15-11(3)19-12(4)20-18(15)24-16/h6-9H,5H2,1-4H3,(H,21,22). The summed E-state index contributed by atoms with van der Waals surface area (Å²) in [4.78, 5) is 23.0. The van der Waals surface area contributed by atoms with Gasteiger partial charge in [0.1, 0.15) is 16.4 Å². The predicted molar refractivity (Wildman–Crippen MR) is 97.2 cm³/mol. The van der Waals surface area contributed by atoms with E-state index in [1.807, 2.05) is 52.0 Å².